The van der Waals surface area contributed by atoms with E-state index in [2.05, 4.69) is 56.3 Å². The molecule has 2 aliphatic heterocycles. The average molecular weight is 589 g/mol. The Kier molecular flexibility index (Phi) is 6.99. The molecule has 2 aromatic heterocycles. The highest BCUT2D eigenvalue weighted by molar-refractivity contribution is 5.75. The molecule has 0 bridgehead atoms. The molecule has 2 spiro atoms. The fourth-order valence-corrected chi connectivity index (χ4v) is 7.25. The molecule has 224 valence electrons. The van der Waals surface area contributed by atoms with Gasteiger partial charge in [-0.25, -0.2) is 19.9 Å². The highest BCUT2D eigenvalue weighted by Crippen LogP contribution is 2.41. The van der Waals surface area contributed by atoms with E-state index in [1.54, 1.807) is 12.7 Å². The molecule has 2 aromatic carbocycles. The molecule has 4 heterocycles. The van der Waals surface area contributed by atoms with E-state index in [1.807, 2.05) is 48.7 Å². The molecule has 10 nitrogen and oxygen atoms in total. The minimum atomic E-state index is -0.0596. The van der Waals surface area contributed by atoms with Crippen LogP contribution in [0.4, 0.5) is 0 Å². The quantitative estimate of drug-likeness (QED) is 0.350. The topological polar surface area (TPSA) is 124 Å². The zero-order valence-electron chi connectivity index (χ0n) is 25.1. The zero-order valence-corrected chi connectivity index (χ0v) is 25.1. The number of nitrogens with zero attached hydrogens (tertiary/aromatic N) is 6. The second kappa shape index (κ2) is 11.0. The Morgan fingerprint density at radius 3 is 1.41 bits per heavy atom. The van der Waals surface area contributed by atoms with Crippen molar-refractivity contribution in [3.8, 4) is 22.3 Å². The Morgan fingerprint density at radius 2 is 1.05 bits per heavy atom. The number of nitrogens with one attached hydrogen (secondary N) is 2. The third kappa shape index (κ3) is 4.74. The lowest BCUT2D eigenvalue weighted by molar-refractivity contribution is 0.179. The van der Waals surface area contributed by atoms with E-state index in [1.165, 1.54) is 33.4 Å². The number of amidine groups is 2. The van der Waals surface area contributed by atoms with Crippen LogP contribution >= 0.6 is 0 Å². The van der Waals surface area contributed by atoms with Crippen LogP contribution in [0.2, 0.25) is 0 Å². The number of fused-ring (bicyclic) bond motifs is 2. The number of benzene rings is 2. The molecule has 0 amide bonds. The summed E-state index contributed by atoms with van der Waals surface area (Å²) in [6, 6.07) is 13.5. The summed E-state index contributed by atoms with van der Waals surface area (Å²) in [6.45, 7) is 1.22. The van der Waals surface area contributed by atoms with E-state index in [-0.39, 0.29) is 23.1 Å². The minimum absolute atomic E-state index is 0.0596. The lowest BCUT2D eigenvalue weighted by Gasteiger charge is -2.38. The van der Waals surface area contributed by atoms with Gasteiger partial charge in [-0.15, -0.1) is 0 Å². The number of aromatic nitrogens is 4. The highest BCUT2D eigenvalue weighted by Gasteiger charge is 2.46. The van der Waals surface area contributed by atoms with Crippen molar-refractivity contribution >= 4 is 12.0 Å². The second-order valence-corrected chi connectivity index (χ2v) is 12.2. The van der Waals surface area contributed by atoms with E-state index >= 15 is 0 Å². The van der Waals surface area contributed by atoms with Gasteiger partial charge in [0.15, 0.2) is 0 Å². The van der Waals surface area contributed by atoms with Crippen LogP contribution in [0.1, 0.15) is 35.1 Å². The molecule has 2 atom stereocenters. The van der Waals surface area contributed by atoms with Crippen LogP contribution in [0.5, 0.6) is 0 Å². The van der Waals surface area contributed by atoms with Gasteiger partial charge in [0, 0.05) is 50.0 Å². The molecule has 2 aliphatic carbocycles. The summed E-state index contributed by atoms with van der Waals surface area (Å²) >= 11 is 0. The maximum Gasteiger partial charge on any atom is 0.284 e. The Balaban J connectivity index is 0.000000142. The summed E-state index contributed by atoms with van der Waals surface area (Å²) in [4.78, 5) is 20.5. The molecule has 0 unspecified atom stereocenters. The number of likely N-dealkylation sites (N-methyl/N-ethyl adjacent to an activating group) is 2. The first-order valence-corrected chi connectivity index (χ1v) is 15.0. The van der Waals surface area contributed by atoms with Gasteiger partial charge in [0.2, 0.25) is 0 Å². The summed E-state index contributed by atoms with van der Waals surface area (Å²) < 4.78 is 11.0. The first-order valence-electron chi connectivity index (χ1n) is 15.0. The third-order valence-corrected chi connectivity index (χ3v) is 10.00. The van der Waals surface area contributed by atoms with Crippen molar-refractivity contribution in [2.24, 2.45) is 0 Å². The van der Waals surface area contributed by atoms with Crippen molar-refractivity contribution in [3.63, 3.8) is 0 Å². The Labute approximate surface area is 257 Å². The van der Waals surface area contributed by atoms with Crippen molar-refractivity contribution in [1.29, 1.82) is 10.8 Å². The molecule has 0 radical (unpaired) electrons. The highest BCUT2D eigenvalue weighted by atomic mass is 16.5. The number of hydrogen-bond acceptors (Lipinski definition) is 8. The maximum atomic E-state index is 7.86. The normalized spacial score (nSPS) is 23.5. The van der Waals surface area contributed by atoms with E-state index in [0.29, 0.717) is 13.2 Å². The van der Waals surface area contributed by atoms with Gasteiger partial charge in [-0.2, -0.15) is 0 Å². The van der Waals surface area contributed by atoms with E-state index in [9.17, 15) is 0 Å². The van der Waals surface area contributed by atoms with Crippen molar-refractivity contribution < 1.29 is 9.47 Å². The number of rotatable bonds is 2. The lowest BCUT2D eigenvalue weighted by Crippen LogP contribution is -2.49. The van der Waals surface area contributed by atoms with Crippen LogP contribution < -0.4 is 0 Å². The van der Waals surface area contributed by atoms with Crippen LogP contribution in [-0.4, -0.2) is 80.2 Å². The van der Waals surface area contributed by atoms with E-state index in [4.69, 9.17) is 20.3 Å². The standard InChI is InChI=1S/2C17H18N4O/c2*1-21-16(18)22-10-17(21)6-5-15-12(7-17)3-2-4-14(15)13-8-19-11-20-9-13/h2*2-4,8-9,11,18H,5-7,10H2,1H3/t2*17-/m10/s1. The molecule has 8 rings (SSSR count). The predicted molar refractivity (Wildman–Crippen MR) is 167 cm³/mol. The number of hydrogen-bond donors (Lipinski definition) is 2. The van der Waals surface area contributed by atoms with Gasteiger partial charge in [0.25, 0.3) is 12.0 Å². The fourth-order valence-electron chi connectivity index (χ4n) is 7.25. The summed E-state index contributed by atoms with van der Waals surface area (Å²) in [5.74, 6) is 0. The van der Waals surface area contributed by atoms with Crippen LogP contribution in [0.15, 0.2) is 73.8 Å². The molecule has 2 fully saturated rings. The lowest BCUT2D eigenvalue weighted by atomic mass is 9.76. The van der Waals surface area contributed by atoms with E-state index in [0.717, 1.165) is 49.7 Å². The summed E-state index contributed by atoms with van der Waals surface area (Å²) in [5.41, 5.74) is 9.93. The van der Waals surface area contributed by atoms with Gasteiger partial charge in [0.05, 0.1) is 11.1 Å². The second-order valence-electron chi connectivity index (χ2n) is 12.2. The summed E-state index contributed by atoms with van der Waals surface area (Å²) in [7, 11) is 3.93. The maximum absolute atomic E-state index is 7.86. The van der Waals surface area contributed by atoms with Crippen LogP contribution in [0.3, 0.4) is 0 Å². The molecule has 4 aliphatic rings. The van der Waals surface area contributed by atoms with Gasteiger partial charge in [0.1, 0.15) is 25.9 Å². The molecular formula is C34H36N8O2. The molecular weight excluding hydrogens is 552 g/mol. The van der Waals surface area contributed by atoms with E-state index < -0.39 is 0 Å². The smallest absolute Gasteiger partial charge is 0.284 e. The minimum Gasteiger partial charge on any atom is -0.463 e. The Morgan fingerprint density at radius 1 is 0.636 bits per heavy atom. The molecule has 10 heteroatoms. The van der Waals surface area contributed by atoms with Gasteiger partial charge in [-0.3, -0.25) is 10.8 Å². The van der Waals surface area contributed by atoms with Crippen molar-refractivity contribution in [2.45, 2.75) is 49.6 Å². The predicted octanol–water partition coefficient (Wildman–Crippen LogP) is 4.54. The number of ether oxygens (including phenoxy) is 2. The van der Waals surface area contributed by atoms with Crippen molar-refractivity contribution in [3.05, 3.63) is 96.1 Å². The molecule has 0 saturated carbocycles. The van der Waals surface area contributed by atoms with Gasteiger partial charge in [-0.1, -0.05) is 36.4 Å². The van der Waals surface area contributed by atoms with Gasteiger partial charge < -0.3 is 19.3 Å². The summed E-state index contributed by atoms with van der Waals surface area (Å²) in [6.07, 6.45) is 16.4. The largest absolute Gasteiger partial charge is 0.463 e. The Bertz CT molecular complexity index is 1590. The van der Waals surface area contributed by atoms with Crippen molar-refractivity contribution in [2.75, 3.05) is 27.3 Å². The fraction of sp³-hybridized carbons (Fsp3) is 0.353. The zero-order chi connectivity index (χ0) is 30.3. The van der Waals surface area contributed by atoms with Crippen molar-refractivity contribution in [1.82, 2.24) is 29.7 Å². The Hall–Kier alpha value is -4.86. The first-order chi connectivity index (χ1) is 21.4. The molecule has 44 heavy (non-hydrogen) atoms. The van der Waals surface area contributed by atoms with Crippen LogP contribution in [-0.2, 0) is 35.2 Å². The third-order valence-electron chi connectivity index (χ3n) is 10.00. The van der Waals surface area contributed by atoms with Gasteiger partial charge >= 0.3 is 0 Å². The molecule has 2 saturated heterocycles. The van der Waals surface area contributed by atoms with Crippen LogP contribution in [0, 0.1) is 10.8 Å². The average Bonchev–Trinajstić information content (AvgIpc) is 3.50. The summed E-state index contributed by atoms with van der Waals surface area (Å²) in [5, 5.41) is 15.7. The molecule has 4 aromatic rings. The first kappa shape index (κ1) is 27.9. The van der Waals surface area contributed by atoms with Gasteiger partial charge in [-0.05, 0) is 71.9 Å². The van der Waals surface area contributed by atoms with Crippen LogP contribution in [0.25, 0.3) is 22.3 Å². The SMILES string of the molecule is CN1C(=N)OC[C@@]12CCc1c(cccc1-c1cncnc1)C2.CN1C(=N)OC[C@]12CCc1c(cccc1-c1cncnc1)C2. The monoisotopic (exact) mass is 588 g/mol. The molecule has 2 N–H and O–H groups in total.